The molecule has 0 aromatic heterocycles. The van der Waals surface area contributed by atoms with Gasteiger partial charge in [-0.1, -0.05) is 43.1 Å². The number of aldehydes is 1. The number of aliphatic imine (C=N–C) groups is 1. The van der Waals surface area contributed by atoms with Crippen molar-refractivity contribution in [3.8, 4) is 0 Å². The van der Waals surface area contributed by atoms with Gasteiger partial charge in [-0.25, -0.2) is 13.6 Å². The molecule has 0 unspecified atom stereocenters. The van der Waals surface area contributed by atoms with E-state index in [1.807, 2.05) is 0 Å². The third-order valence-electron chi connectivity index (χ3n) is 5.37. The number of nitrogens with zero attached hydrogens (tertiary/aromatic N) is 1. The van der Waals surface area contributed by atoms with Crippen LogP contribution in [-0.4, -0.2) is 47.7 Å². The minimum Gasteiger partial charge on any atom is -0.444 e. The Bertz CT molecular complexity index is 1290. The number of carbonyl (C=O) groups is 3. The molecule has 6 nitrogen and oxygen atoms in total. The highest BCUT2D eigenvalue weighted by Gasteiger charge is 2.25. The molecule has 2 aromatic rings. The van der Waals surface area contributed by atoms with Gasteiger partial charge < -0.3 is 10.1 Å². The Labute approximate surface area is 266 Å². The summed E-state index contributed by atoms with van der Waals surface area (Å²) in [4.78, 5) is 36.8. The van der Waals surface area contributed by atoms with E-state index in [0.29, 0.717) is 24.9 Å². The van der Waals surface area contributed by atoms with Crippen molar-refractivity contribution in [1.82, 2.24) is 5.32 Å². The quantitative estimate of drug-likeness (QED) is 0.189. The highest BCUT2D eigenvalue weighted by molar-refractivity contribution is 6.31. The van der Waals surface area contributed by atoms with Gasteiger partial charge in [0.15, 0.2) is 5.78 Å². The second kappa shape index (κ2) is 19.4. The topological polar surface area (TPSA) is 84.8 Å². The maximum atomic E-state index is 13.1. The first-order valence-corrected chi connectivity index (χ1v) is 14.3. The van der Waals surface area contributed by atoms with Crippen LogP contribution in [-0.2, 0) is 9.53 Å². The average molecular weight is 671 g/mol. The van der Waals surface area contributed by atoms with Gasteiger partial charge in [-0.15, -0.1) is 0 Å². The van der Waals surface area contributed by atoms with Crippen molar-refractivity contribution in [2.45, 2.75) is 98.0 Å². The van der Waals surface area contributed by atoms with Gasteiger partial charge in [0.1, 0.15) is 17.2 Å². The molecule has 0 saturated carbocycles. The second-order valence-electron chi connectivity index (χ2n) is 10.4. The molecule has 3 rings (SSSR count). The lowest BCUT2D eigenvalue weighted by molar-refractivity contribution is -0.156. The summed E-state index contributed by atoms with van der Waals surface area (Å²) in [5.41, 5.74) is 1.78. The first-order chi connectivity index (χ1) is 20.7. The van der Waals surface area contributed by atoms with Crippen molar-refractivity contribution in [3.05, 3.63) is 69.2 Å². The molecule has 0 aliphatic carbocycles. The molecule has 2 atom stereocenters. The number of rotatable bonds is 6. The van der Waals surface area contributed by atoms with Crippen LogP contribution < -0.4 is 5.32 Å². The van der Waals surface area contributed by atoms with Gasteiger partial charge in [-0.05, 0) is 89.8 Å². The summed E-state index contributed by atoms with van der Waals surface area (Å²) >= 11 is 11.3. The predicted octanol–water partition coefficient (Wildman–Crippen LogP) is 9.58. The number of Topliss-reactive ketones (excluding diaryl/α,β-unsaturated/α-hetero) is 1. The van der Waals surface area contributed by atoms with Crippen LogP contribution >= 0.6 is 23.2 Å². The van der Waals surface area contributed by atoms with Crippen molar-refractivity contribution in [1.29, 1.82) is 0 Å². The standard InChI is InChI=1S/C16H21ClFNO3.C11H11ClFN.C2HF3O.C2H6/c1-10(19-15(21)22-16(2,3)4)5-8-14(20)11-6-7-13(18)12(17)9-11;1-7-2-5-11(14-7)8-3-4-10(13)9(12)6-8;3-2(4,5)1-6;1-2/h6-7,9-10H,5,8H2,1-4H3,(H,19,21);3-4,6-7H,2,5H2,1H3;1H;1-2H3/t10-;7-;;/m00../s1/i;;;1D. The zero-order chi connectivity index (χ0) is 35.0. The molecule has 44 heavy (non-hydrogen) atoms. The average Bonchev–Trinajstić information content (AvgIpc) is 3.36. The second-order valence-corrected chi connectivity index (χ2v) is 11.2. The number of hydrogen-bond donors (Lipinski definition) is 1. The minimum atomic E-state index is -4.64. The molecule has 0 fully saturated rings. The molecule has 13 heteroatoms. The van der Waals surface area contributed by atoms with Crippen molar-refractivity contribution < 1.29 is 42.4 Å². The van der Waals surface area contributed by atoms with Crippen LogP contribution in [0.25, 0.3) is 0 Å². The van der Waals surface area contributed by atoms with Crippen molar-refractivity contribution in [2.75, 3.05) is 0 Å². The molecule has 1 N–H and O–H groups in total. The third-order valence-corrected chi connectivity index (χ3v) is 5.95. The highest BCUT2D eigenvalue weighted by atomic mass is 35.5. The number of ether oxygens (including phenoxy) is 1. The van der Waals surface area contributed by atoms with Crippen LogP contribution in [0.2, 0.25) is 10.0 Å². The van der Waals surface area contributed by atoms with E-state index >= 15 is 0 Å². The van der Waals surface area contributed by atoms with Gasteiger partial charge in [-0.2, -0.15) is 13.2 Å². The van der Waals surface area contributed by atoms with Gasteiger partial charge >= 0.3 is 12.3 Å². The number of halogens is 7. The molecule has 1 heterocycles. The first kappa shape index (κ1) is 39.0. The lowest BCUT2D eigenvalue weighted by atomic mass is 10.0. The molecule has 0 spiro atoms. The summed E-state index contributed by atoms with van der Waals surface area (Å²) in [6, 6.07) is 8.82. The Balaban J connectivity index is 0.000000711. The van der Waals surface area contributed by atoms with Crippen LogP contribution in [0.4, 0.5) is 26.7 Å². The molecular weight excluding hydrogens is 630 g/mol. The fraction of sp³-hybridized carbons (Fsp3) is 0.484. The van der Waals surface area contributed by atoms with Crippen LogP contribution in [0.15, 0.2) is 41.4 Å². The SMILES string of the molecule is C[C@@H](CCC(=O)c1ccc(F)c(Cl)c1)NC(=O)OC(C)(C)C.C[C@H]1CCC(c2ccc(F)c(Cl)c2)=N1.O=CC(F)(F)F.[2H]CC. The van der Waals surface area contributed by atoms with E-state index in [2.05, 4.69) is 17.2 Å². The van der Waals surface area contributed by atoms with Crippen LogP contribution in [0, 0.1) is 11.6 Å². The maximum absolute atomic E-state index is 13.1. The molecule has 1 amide bonds. The van der Waals surface area contributed by atoms with Crippen molar-refractivity contribution in [3.63, 3.8) is 0 Å². The summed E-state index contributed by atoms with van der Waals surface area (Å²) in [6.07, 6.45) is -3.51. The molecule has 1 aliphatic rings. The number of ketones is 1. The molecule has 246 valence electrons. The van der Waals surface area contributed by atoms with Crippen LogP contribution in [0.3, 0.4) is 0 Å². The van der Waals surface area contributed by atoms with Gasteiger partial charge in [-0.3, -0.25) is 14.6 Å². The number of benzene rings is 2. The number of alkyl carbamates (subject to hydrolysis) is 1. The number of carbonyl (C=O) groups excluding carboxylic acids is 3. The lowest BCUT2D eigenvalue weighted by Crippen LogP contribution is -2.37. The summed E-state index contributed by atoms with van der Waals surface area (Å²) in [5.74, 6) is -1.08. The van der Waals surface area contributed by atoms with E-state index in [1.165, 1.54) is 18.2 Å². The van der Waals surface area contributed by atoms with Crippen molar-refractivity contribution >= 4 is 47.1 Å². The third kappa shape index (κ3) is 17.3. The van der Waals surface area contributed by atoms with Gasteiger partial charge in [0.25, 0.3) is 0 Å². The Morgan fingerprint density at radius 1 is 1.11 bits per heavy atom. The van der Waals surface area contributed by atoms with E-state index in [9.17, 15) is 31.5 Å². The number of nitrogens with one attached hydrogen (secondary N) is 1. The van der Waals surface area contributed by atoms with E-state index < -0.39 is 30.0 Å². The largest absolute Gasteiger partial charge is 0.446 e. The van der Waals surface area contributed by atoms with Crippen LogP contribution in [0.5, 0.6) is 0 Å². The zero-order valence-corrected chi connectivity index (χ0v) is 27.0. The van der Waals surface area contributed by atoms with E-state index in [0.717, 1.165) is 30.2 Å². The Morgan fingerprint density at radius 3 is 2.07 bits per heavy atom. The smallest absolute Gasteiger partial charge is 0.444 e. The number of hydrogen-bond acceptors (Lipinski definition) is 5. The lowest BCUT2D eigenvalue weighted by Gasteiger charge is -2.21. The Morgan fingerprint density at radius 2 is 1.64 bits per heavy atom. The zero-order valence-electron chi connectivity index (χ0n) is 26.5. The van der Waals surface area contributed by atoms with Crippen LogP contribution in [0.1, 0.15) is 91.4 Å². The van der Waals surface area contributed by atoms with Gasteiger partial charge in [0, 0.05) is 31.2 Å². The monoisotopic (exact) mass is 669 g/mol. The molecule has 0 saturated heterocycles. The minimum absolute atomic E-state index is 0.0780. The Hall–Kier alpha value is -3.05. The Kier molecular flexibility index (Phi) is 17.1. The van der Waals surface area contributed by atoms with E-state index in [1.54, 1.807) is 46.8 Å². The summed E-state index contributed by atoms with van der Waals surface area (Å²) in [7, 11) is 0. The predicted molar refractivity (Wildman–Crippen MR) is 164 cm³/mol. The summed E-state index contributed by atoms with van der Waals surface area (Å²) < 4.78 is 68.5. The highest BCUT2D eigenvalue weighted by Crippen LogP contribution is 2.22. The van der Waals surface area contributed by atoms with Gasteiger partial charge in [0.05, 0.1) is 10.0 Å². The fourth-order valence-electron chi connectivity index (χ4n) is 3.38. The van der Waals surface area contributed by atoms with Crippen molar-refractivity contribution in [2.24, 2.45) is 4.99 Å². The number of alkyl halides is 3. The normalized spacial score (nSPS) is 15.0. The fourth-order valence-corrected chi connectivity index (χ4v) is 3.74. The maximum Gasteiger partial charge on any atom is 0.446 e. The number of amides is 1. The van der Waals surface area contributed by atoms with E-state index in [4.69, 9.17) is 34.1 Å². The molecule has 1 aliphatic heterocycles. The molecule has 0 bridgehead atoms. The summed E-state index contributed by atoms with van der Waals surface area (Å²) in [5, 5.41) is 2.76. The van der Waals surface area contributed by atoms with E-state index in [-0.39, 0.29) is 34.1 Å². The molecular formula is C31H39Cl2F5N2O4. The molecule has 2 aromatic carbocycles. The first-order valence-electron chi connectivity index (χ1n) is 14.3. The van der Waals surface area contributed by atoms with Gasteiger partial charge in [0.2, 0.25) is 6.29 Å². The molecule has 0 radical (unpaired) electrons. The summed E-state index contributed by atoms with van der Waals surface area (Å²) in [6.45, 7) is 11.5.